The summed E-state index contributed by atoms with van der Waals surface area (Å²) in [6, 6.07) is 8.04. The first-order valence-corrected chi connectivity index (χ1v) is 6.29. The summed E-state index contributed by atoms with van der Waals surface area (Å²) in [5.74, 6) is 0. The SMILES string of the molecule is CNCCCc1cc2cc(Cl)ccc2nc1C. The molecule has 3 heteroatoms. The molecule has 0 unspecified atom stereocenters. The van der Waals surface area contributed by atoms with E-state index in [1.807, 2.05) is 25.2 Å². The summed E-state index contributed by atoms with van der Waals surface area (Å²) < 4.78 is 0. The summed E-state index contributed by atoms with van der Waals surface area (Å²) in [5, 5.41) is 5.06. The number of hydrogen-bond acceptors (Lipinski definition) is 2. The van der Waals surface area contributed by atoms with E-state index in [-0.39, 0.29) is 0 Å². The number of aromatic nitrogens is 1. The van der Waals surface area contributed by atoms with Crippen LogP contribution in [0.25, 0.3) is 10.9 Å². The van der Waals surface area contributed by atoms with E-state index in [9.17, 15) is 0 Å². The molecule has 0 bridgehead atoms. The van der Waals surface area contributed by atoms with E-state index in [0.29, 0.717) is 0 Å². The fraction of sp³-hybridized carbons (Fsp3) is 0.357. The van der Waals surface area contributed by atoms with Crippen molar-refractivity contribution < 1.29 is 0 Å². The van der Waals surface area contributed by atoms with Crippen LogP contribution in [-0.4, -0.2) is 18.6 Å². The fourth-order valence-corrected chi connectivity index (χ4v) is 2.18. The van der Waals surface area contributed by atoms with Crippen molar-refractivity contribution in [2.75, 3.05) is 13.6 Å². The lowest BCUT2D eigenvalue weighted by atomic mass is 10.1. The Morgan fingerprint density at radius 1 is 1.29 bits per heavy atom. The van der Waals surface area contributed by atoms with Gasteiger partial charge in [-0.15, -0.1) is 0 Å². The molecule has 17 heavy (non-hydrogen) atoms. The van der Waals surface area contributed by atoms with E-state index < -0.39 is 0 Å². The van der Waals surface area contributed by atoms with Crippen LogP contribution in [0.3, 0.4) is 0 Å². The molecule has 0 aliphatic carbocycles. The molecule has 2 nitrogen and oxygen atoms in total. The Bertz CT molecular complexity index is 523. The quantitative estimate of drug-likeness (QED) is 0.840. The van der Waals surface area contributed by atoms with Crippen LogP contribution in [0.2, 0.25) is 5.02 Å². The molecule has 0 radical (unpaired) electrons. The Kier molecular flexibility index (Phi) is 3.97. The van der Waals surface area contributed by atoms with Gasteiger partial charge in [-0.3, -0.25) is 4.98 Å². The molecule has 0 aliphatic heterocycles. The number of hydrogen-bond donors (Lipinski definition) is 1. The van der Waals surface area contributed by atoms with Gasteiger partial charge in [0.2, 0.25) is 0 Å². The van der Waals surface area contributed by atoms with E-state index in [4.69, 9.17) is 11.6 Å². The smallest absolute Gasteiger partial charge is 0.0706 e. The van der Waals surface area contributed by atoms with Crippen molar-refractivity contribution in [2.24, 2.45) is 0 Å². The summed E-state index contributed by atoms with van der Waals surface area (Å²) in [6.45, 7) is 3.11. The van der Waals surface area contributed by atoms with Crippen LogP contribution >= 0.6 is 11.6 Å². The molecule has 0 amide bonds. The van der Waals surface area contributed by atoms with Crippen molar-refractivity contribution >= 4 is 22.5 Å². The van der Waals surface area contributed by atoms with Crippen molar-refractivity contribution in [3.05, 3.63) is 40.5 Å². The van der Waals surface area contributed by atoms with Crippen LogP contribution in [0.5, 0.6) is 0 Å². The molecule has 0 saturated heterocycles. The van der Waals surface area contributed by atoms with Crippen molar-refractivity contribution in [1.82, 2.24) is 10.3 Å². The van der Waals surface area contributed by atoms with Gasteiger partial charge in [0.05, 0.1) is 5.52 Å². The van der Waals surface area contributed by atoms with Crippen LogP contribution in [0.1, 0.15) is 17.7 Å². The second-order valence-electron chi connectivity index (χ2n) is 4.28. The van der Waals surface area contributed by atoms with Crippen LogP contribution in [-0.2, 0) is 6.42 Å². The molecule has 0 atom stereocenters. The number of benzene rings is 1. The second-order valence-corrected chi connectivity index (χ2v) is 4.71. The predicted molar refractivity (Wildman–Crippen MR) is 73.7 cm³/mol. The van der Waals surface area contributed by atoms with Gasteiger partial charge in [0, 0.05) is 16.1 Å². The number of halogens is 1. The number of pyridine rings is 1. The predicted octanol–water partition coefficient (Wildman–Crippen LogP) is 3.35. The van der Waals surface area contributed by atoms with Gasteiger partial charge in [-0.2, -0.15) is 0 Å². The van der Waals surface area contributed by atoms with Gasteiger partial charge in [0.25, 0.3) is 0 Å². The average molecular weight is 249 g/mol. The van der Waals surface area contributed by atoms with Crippen molar-refractivity contribution in [1.29, 1.82) is 0 Å². The zero-order valence-corrected chi connectivity index (χ0v) is 11.0. The van der Waals surface area contributed by atoms with Gasteiger partial charge in [-0.05, 0) is 63.2 Å². The number of aryl methyl sites for hydroxylation is 2. The minimum Gasteiger partial charge on any atom is -0.320 e. The van der Waals surface area contributed by atoms with Gasteiger partial charge in [-0.1, -0.05) is 11.6 Å². The molecule has 0 saturated carbocycles. The Labute approximate surface area is 107 Å². The third kappa shape index (κ3) is 2.96. The summed E-state index contributed by atoms with van der Waals surface area (Å²) in [4.78, 5) is 4.62. The molecule has 2 aromatic rings. The van der Waals surface area contributed by atoms with Crippen molar-refractivity contribution in [2.45, 2.75) is 19.8 Å². The molecule has 1 aromatic carbocycles. The highest BCUT2D eigenvalue weighted by atomic mass is 35.5. The Balaban J connectivity index is 2.32. The van der Waals surface area contributed by atoms with E-state index in [2.05, 4.69) is 23.3 Å². The van der Waals surface area contributed by atoms with Crippen LogP contribution in [0.4, 0.5) is 0 Å². The Morgan fingerprint density at radius 3 is 2.88 bits per heavy atom. The Morgan fingerprint density at radius 2 is 2.12 bits per heavy atom. The highest BCUT2D eigenvalue weighted by molar-refractivity contribution is 6.31. The molecular formula is C14H17ClN2. The van der Waals surface area contributed by atoms with E-state index >= 15 is 0 Å². The molecule has 0 spiro atoms. The zero-order chi connectivity index (χ0) is 12.3. The Hall–Kier alpha value is -1.12. The first kappa shape index (κ1) is 12.3. The minimum absolute atomic E-state index is 0.768. The van der Waals surface area contributed by atoms with Crippen molar-refractivity contribution in [3.63, 3.8) is 0 Å². The largest absolute Gasteiger partial charge is 0.320 e. The van der Waals surface area contributed by atoms with Gasteiger partial charge < -0.3 is 5.32 Å². The normalized spacial score (nSPS) is 11.0. The molecule has 2 rings (SSSR count). The lowest BCUT2D eigenvalue weighted by molar-refractivity contribution is 0.721. The molecular weight excluding hydrogens is 232 g/mol. The van der Waals surface area contributed by atoms with Crippen LogP contribution < -0.4 is 5.32 Å². The van der Waals surface area contributed by atoms with Crippen LogP contribution in [0.15, 0.2) is 24.3 Å². The topological polar surface area (TPSA) is 24.9 Å². The molecule has 1 heterocycles. The highest BCUT2D eigenvalue weighted by Crippen LogP contribution is 2.21. The number of nitrogens with zero attached hydrogens (tertiary/aromatic N) is 1. The summed E-state index contributed by atoms with van der Waals surface area (Å²) >= 11 is 6.00. The maximum Gasteiger partial charge on any atom is 0.0706 e. The van der Waals surface area contributed by atoms with Crippen molar-refractivity contribution in [3.8, 4) is 0 Å². The minimum atomic E-state index is 0.768. The zero-order valence-electron chi connectivity index (χ0n) is 10.3. The lowest BCUT2D eigenvalue weighted by Gasteiger charge is -2.07. The van der Waals surface area contributed by atoms with Gasteiger partial charge in [0.15, 0.2) is 0 Å². The van der Waals surface area contributed by atoms with E-state index in [0.717, 1.165) is 41.0 Å². The monoisotopic (exact) mass is 248 g/mol. The van der Waals surface area contributed by atoms with Gasteiger partial charge >= 0.3 is 0 Å². The number of rotatable bonds is 4. The third-order valence-electron chi connectivity index (χ3n) is 2.95. The van der Waals surface area contributed by atoms with E-state index in [1.165, 1.54) is 5.56 Å². The summed E-state index contributed by atoms with van der Waals surface area (Å²) in [6.07, 6.45) is 2.19. The molecule has 90 valence electrons. The maximum atomic E-state index is 6.00. The van der Waals surface area contributed by atoms with Gasteiger partial charge in [0.1, 0.15) is 0 Å². The van der Waals surface area contributed by atoms with E-state index in [1.54, 1.807) is 0 Å². The number of fused-ring (bicyclic) bond motifs is 1. The average Bonchev–Trinajstić information content (AvgIpc) is 2.31. The number of nitrogens with one attached hydrogen (secondary N) is 1. The molecule has 0 aliphatic rings. The lowest BCUT2D eigenvalue weighted by Crippen LogP contribution is -2.09. The summed E-state index contributed by atoms with van der Waals surface area (Å²) in [7, 11) is 1.98. The highest BCUT2D eigenvalue weighted by Gasteiger charge is 2.03. The van der Waals surface area contributed by atoms with Gasteiger partial charge in [-0.25, -0.2) is 0 Å². The third-order valence-corrected chi connectivity index (χ3v) is 3.18. The standard InChI is InChI=1S/C14H17ClN2/c1-10-11(4-3-7-16-2)8-12-9-13(15)5-6-14(12)17-10/h5-6,8-9,16H,3-4,7H2,1-2H3. The molecule has 1 aromatic heterocycles. The molecule has 1 N–H and O–H groups in total. The molecule has 0 fully saturated rings. The first-order valence-electron chi connectivity index (χ1n) is 5.91. The second kappa shape index (κ2) is 5.48. The van der Waals surface area contributed by atoms with Crippen LogP contribution in [0, 0.1) is 6.92 Å². The first-order chi connectivity index (χ1) is 8.20. The summed E-state index contributed by atoms with van der Waals surface area (Å²) in [5.41, 5.74) is 3.45. The maximum absolute atomic E-state index is 6.00. The fourth-order valence-electron chi connectivity index (χ4n) is 2.00.